The van der Waals surface area contributed by atoms with Crippen molar-refractivity contribution in [2.75, 3.05) is 25.5 Å². The lowest BCUT2D eigenvalue weighted by Crippen LogP contribution is -2.39. The van der Waals surface area contributed by atoms with Crippen LogP contribution in [0.1, 0.15) is 29.5 Å². The molecule has 4 aromatic rings. The van der Waals surface area contributed by atoms with Crippen molar-refractivity contribution in [3.63, 3.8) is 0 Å². The number of ether oxygens (including phenoxy) is 1. The number of benzene rings is 1. The van der Waals surface area contributed by atoms with E-state index in [4.69, 9.17) is 4.74 Å². The Morgan fingerprint density at radius 3 is 2.75 bits per heavy atom. The second kappa shape index (κ2) is 8.80. The molecule has 1 fully saturated rings. The number of amides is 2. The molecule has 1 saturated heterocycles. The molecule has 2 aliphatic rings. The van der Waals surface area contributed by atoms with E-state index in [9.17, 15) is 4.79 Å². The average molecular weight is 484 g/mol. The zero-order valence-corrected chi connectivity index (χ0v) is 20.5. The number of anilines is 1. The highest BCUT2D eigenvalue weighted by Crippen LogP contribution is 2.38. The number of piperidine rings is 1. The van der Waals surface area contributed by atoms with Crippen LogP contribution in [0.2, 0.25) is 0 Å². The first-order chi connectivity index (χ1) is 17.5. The third-order valence-corrected chi connectivity index (χ3v) is 6.83. The second-order valence-electron chi connectivity index (χ2n) is 9.35. The smallest absolute Gasteiger partial charge is 0.467 e. The first-order valence-corrected chi connectivity index (χ1v) is 12.0. The van der Waals surface area contributed by atoms with Crippen LogP contribution < -0.4 is 10.1 Å². The fourth-order valence-corrected chi connectivity index (χ4v) is 5.15. The predicted octanol–water partition coefficient (Wildman–Crippen LogP) is 3.74. The van der Waals surface area contributed by atoms with Crippen molar-refractivity contribution in [1.29, 1.82) is 0 Å². The number of likely N-dealkylation sites (tertiary alicyclic amines) is 1. The summed E-state index contributed by atoms with van der Waals surface area (Å²) >= 11 is 0. The number of rotatable bonds is 4. The summed E-state index contributed by atoms with van der Waals surface area (Å²) in [6.07, 6.45) is 9.00. The Hall–Kier alpha value is -4.18. The lowest BCUT2D eigenvalue weighted by Gasteiger charge is -2.27. The lowest BCUT2D eigenvalue weighted by molar-refractivity contribution is -0.324. The van der Waals surface area contributed by atoms with Gasteiger partial charge in [-0.25, -0.2) is 19.5 Å². The molecule has 10 nitrogen and oxygen atoms in total. The van der Waals surface area contributed by atoms with Gasteiger partial charge in [-0.1, -0.05) is 0 Å². The molecule has 3 aromatic heterocycles. The molecule has 1 aromatic carbocycles. The maximum Gasteiger partial charge on any atom is 0.501 e. The molecule has 36 heavy (non-hydrogen) atoms. The standard InChI is InChI=1S/C26H26N8O2/c1-16-8-23-22(9-21(16)19-7-17(2)24-29-15-30-33(24)13-19)31-26(35)34(23)20-5-4-6-32(14-20)12-18-10-27-25(36-3)28-11-18/h7-11,13,15H,4-6,12,14H2,1-3H3/p+1/b34-20-. The Morgan fingerprint density at radius 1 is 1.11 bits per heavy atom. The molecule has 2 aliphatic heterocycles. The van der Waals surface area contributed by atoms with Gasteiger partial charge in [0, 0.05) is 42.7 Å². The van der Waals surface area contributed by atoms with E-state index in [-0.39, 0.29) is 6.03 Å². The molecule has 6 rings (SSSR count). The van der Waals surface area contributed by atoms with E-state index in [1.807, 2.05) is 17.7 Å². The fraction of sp³-hybridized carbons (Fsp3) is 0.308. The third kappa shape index (κ3) is 3.89. The molecule has 0 atom stereocenters. The first-order valence-electron chi connectivity index (χ1n) is 12.0. The number of fused-ring (bicyclic) bond motifs is 2. The summed E-state index contributed by atoms with van der Waals surface area (Å²) in [7, 11) is 1.56. The number of carbonyl (C=O) groups is 1. The van der Waals surface area contributed by atoms with Crippen molar-refractivity contribution in [2.24, 2.45) is 0 Å². The summed E-state index contributed by atoms with van der Waals surface area (Å²) in [4.78, 5) is 28.2. The topological polar surface area (TPSA) is 101 Å². The van der Waals surface area contributed by atoms with Gasteiger partial charge in [0.2, 0.25) is 0 Å². The van der Waals surface area contributed by atoms with Gasteiger partial charge in [-0.15, -0.1) is 0 Å². The summed E-state index contributed by atoms with van der Waals surface area (Å²) < 4.78 is 8.71. The van der Waals surface area contributed by atoms with Crippen LogP contribution in [0, 0.1) is 13.8 Å². The number of hydrogen-bond acceptors (Lipinski definition) is 7. The number of aryl methyl sites for hydroxylation is 2. The number of pyridine rings is 1. The fourth-order valence-electron chi connectivity index (χ4n) is 5.15. The lowest BCUT2D eigenvalue weighted by atomic mass is 9.99. The molecule has 0 bridgehead atoms. The zero-order valence-electron chi connectivity index (χ0n) is 20.5. The summed E-state index contributed by atoms with van der Waals surface area (Å²) in [5, 5.41) is 7.39. The summed E-state index contributed by atoms with van der Waals surface area (Å²) in [6, 6.07) is 6.54. The number of nitrogens with zero attached hydrogens (tertiary/aromatic N) is 7. The van der Waals surface area contributed by atoms with Crippen molar-refractivity contribution < 1.29 is 14.1 Å². The number of methoxy groups -OCH3 is 1. The van der Waals surface area contributed by atoms with Crippen molar-refractivity contribution in [1.82, 2.24) is 29.5 Å². The molecule has 0 aliphatic carbocycles. The van der Waals surface area contributed by atoms with Gasteiger partial charge in [0.15, 0.2) is 17.0 Å². The second-order valence-corrected chi connectivity index (χ2v) is 9.35. The van der Waals surface area contributed by atoms with Gasteiger partial charge in [-0.05, 0) is 61.7 Å². The summed E-state index contributed by atoms with van der Waals surface area (Å²) in [5.41, 5.74) is 8.93. The normalized spacial score (nSPS) is 17.9. The van der Waals surface area contributed by atoms with Gasteiger partial charge >= 0.3 is 12.0 Å². The Bertz CT molecular complexity index is 1520. The van der Waals surface area contributed by atoms with E-state index >= 15 is 0 Å². The Balaban J connectivity index is 1.32. The van der Waals surface area contributed by atoms with Crippen LogP contribution in [0.15, 0.2) is 43.1 Å². The molecule has 182 valence electrons. The minimum absolute atomic E-state index is 0.103. The average Bonchev–Trinajstić information content (AvgIpc) is 3.48. The van der Waals surface area contributed by atoms with Crippen LogP contribution in [-0.4, -0.2) is 66.0 Å². The summed E-state index contributed by atoms with van der Waals surface area (Å²) in [5.74, 6) is 0. The van der Waals surface area contributed by atoms with Crippen molar-refractivity contribution in [3.8, 4) is 17.1 Å². The highest BCUT2D eigenvalue weighted by Gasteiger charge is 2.37. The van der Waals surface area contributed by atoms with Crippen LogP contribution >= 0.6 is 0 Å². The monoisotopic (exact) mass is 483 g/mol. The molecule has 0 saturated carbocycles. The van der Waals surface area contributed by atoms with Gasteiger partial charge in [-0.2, -0.15) is 19.8 Å². The molecule has 10 heteroatoms. The molecule has 0 spiro atoms. The molecule has 0 radical (unpaired) electrons. The highest BCUT2D eigenvalue weighted by atomic mass is 16.5. The number of aromatic nitrogens is 5. The van der Waals surface area contributed by atoms with Crippen LogP contribution in [0.25, 0.3) is 16.8 Å². The molecular weight excluding hydrogens is 456 g/mol. The maximum absolute atomic E-state index is 13.1. The van der Waals surface area contributed by atoms with Gasteiger partial charge in [-0.3, -0.25) is 4.90 Å². The third-order valence-electron chi connectivity index (χ3n) is 6.83. The minimum atomic E-state index is -0.103. The highest BCUT2D eigenvalue weighted by molar-refractivity contribution is 6.01. The largest absolute Gasteiger partial charge is 0.501 e. The SMILES string of the molecule is COc1ncc(CN2CCC/C(=[N+]3/C(=O)Nc4cc(-c5cc(C)c6ncnn6c5)c(C)cc43)C2)cn1. The van der Waals surface area contributed by atoms with E-state index in [1.165, 1.54) is 0 Å². The van der Waals surface area contributed by atoms with Crippen LogP contribution in [0.4, 0.5) is 16.2 Å². The zero-order chi connectivity index (χ0) is 24.8. The Morgan fingerprint density at radius 2 is 1.94 bits per heavy atom. The molecule has 2 amide bonds. The molecule has 0 unspecified atom stereocenters. The van der Waals surface area contributed by atoms with Crippen molar-refractivity contribution in [3.05, 3.63) is 59.8 Å². The van der Waals surface area contributed by atoms with E-state index in [2.05, 4.69) is 55.4 Å². The first kappa shape index (κ1) is 22.3. The van der Waals surface area contributed by atoms with Gasteiger partial charge in [0.25, 0.3) is 0 Å². The van der Waals surface area contributed by atoms with Gasteiger partial charge < -0.3 is 4.74 Å². The molecule has 1 N–H and O–H groups in total. The minimum Gasteiger partial charge on any atom is -0.467 e. The number of urea groups is 1. The number of hydrogen-bond donors (Lipinski definition) is 1. The Kier molecular flexibility index (Phi) is 5.45. The van der Waals surface area contributed by atoms with Crippen LogP contribution in [0.3, 0.4) is 0 Å². The van der Waals surface area contributed by atoms with Crippen molar-refractivity contribution >= 4 is 28.8 Å². The van der Waals surface area contributed by atoms with E-state index in [0.29, 0.717) is 12.6 Å². The van der Waals surface area contributed by atoms with Gasteiger partial charge in [0.1, 0.15) is 12.0 Å². The summed E-state index contributed by atoms with van der Waals surface area (Å²) in [6.45, 7) is 6.50. The number of nitrogens with one attached hydrogen (secondary N) is 1. The quantitative estimate of drug-likeness (QED) is 0.441. The molecular formula is C26H27N8O2+. The van der Waals surface area contributed by atoms with Gasteiger partial charge in [0.05, 0.1) is 13.7 Å². The van der Waals surface area contributed by atoms with Crippen LogP contribution in [0.5, 0.6) is 6.01 Å². The van der Waals surface area contributed by atoms with E-state index in [0.717, 1.165) is 76.5 Å². The van der Waals surface area contributed by atoms with E-state index in [1.54, 1.807) is 30.3 Å². The predicted molar refractivity (Wildman–Crippen MR) is 135 cm³/mol. The van der Waals surface area contributed by atoms with E-state index < -0.39 is 0 Å². The van der Waals surface area contributed by atoms with Crippen molar-refractivity contribution in [2.45, 2.75) is 33.2 Å². The number of carbonyl (C=O) groups excluding carboxylic acids is 1. The Labute approximate surface area is 208 Å². The van der Waals surface area contributed by atoms with Crippen LogP contribution in [-0.2, 0) is 6.54 Å². The maximum atomic E-state index is 13.1. The molecule has 5 heterocycles.